The minimum absolute atomic E-state index is 0.0309. The summed E-state index contributed by atoms with van der Waals surface area (Å²) in [5.74, 6) is 0.865. The molecule has 0 amide bonds. The Morgan fingerprint density at radius 2 is 2.00 bits per heavy atom. The summed E-state index contributed by atoms with van der Waals surface area (Å²) in [6.45, 7) is 2.08. The monoisotopic (exact) mass is 398 g/mol. The number of halogens is 2. The summed E-state index contributed by atoms with van der Waals surface area (Å²) < 4.78 is 7.18. The van der Waals surface area contributed by atoms with Crippen molar-refractivity contribution < 1.29 is 4.74 Å². The number of aromatic nitrogens is 1. The van der Waals surface area contributed by atoms with Crippen molar-refractivity contribution in [1.29, 1.82) is 0 Å². The first-order valence-electron chi connectivity index (χ1n) is 6.19. The number of rotatable bonds is 4. The van der Waals surface area contributed by atoms with Gasteiger partial charge in [-0.05, 0) is 75.2 Å². The normalized spacial score (nSPS) is 12.2. The quantitative estimate of drug-likeness (QED) is 0.835. The smallest absolute Gasteiger partial charge is 0.119 e. The van der Waals surface area contributed by atoms with E-state index in [1.165, 1.54) is 11.1 Å². The van der Waals surface area contributed by atoms with E-state index in [0.29, 0.717) is 0 Å². The number of aryl methyl sites for hydroxylation is 1. The maximum atomic E-state index is 5.26. The zero-order chi connectivity index (χ0) is 14.7. The van der Waals surface area contributed by atoms with Gasteiger partial charge in [0.15, 0.2) is 0 Å². The molecule has 3 nitrogen and oxygen atoms in total. The van der Waals surface area contributed by atoms with Crippen LogP contribution in [0.25, 0.3) is 0 Å². The van der Waals surface area contributed by atoms with Crippen LogP contribution in [0.2, 0.25) is 0 Å². The topological polar surface area (TPSA) is 34.1 Å². The van der Waals surface area contributed by atoms with Crippen LogP contribution in [0.5, 0.6) is 5.75 Å². The lowest BCUT2D eigenvalue weighted by Crippen LogP contribution is -2.20. The molecular formula is C15H16Br2N2O. The van der Waals surface area contributed by atoms with Crippen LogP contribution in [0.4, 0.5) is 0 Å². The molecule has 1 aromatic carbocycles. The van der Waals surface area contributed by atoms with E-state index in [1.807, 2.05) is 31.4 Å². The first kappa shape index (κ1) is 15.5. The molecule has 106 valence electrons. The van der Waals surface area contributed by atoms with Gasteiger partial charge in [-0.1, -0.05) is 6.07 Å². The van der Waals surface area contributed by atoms with Crippen molar-refractivity contribution in [2.75, 3.05) is 14.2 Å². The van der Waals surface area contributed by atoms with E-state index in [9.17, 15) is 0 Å². The molecule has 0 aliphatic carbocycles. The Morgan fingerprint density at radius 3 is 2.55 bits per heavy atom. The second-order valence-corrected chi connectivity index (χ2v) is 6.23. The lowest BCUT2D eigenvalue weighted by Gasteiger charge is -2.20. The lowest BCUT2D eigenvalue weighted by atomic mass is 9.98. The summed E-state index contributed by atoms with van der Waals surface area (Å²) in [6, 6.07) is 8.12. The molecule has 0 fully saturated rings. The fraction of sp³-hybridized carbons (Fsp3) is 0.267. The van der Waals surface area contributed by atoms with Gasteiger partial charge in [0.25, 0.3) is 0 Å². The Bertz CT molecular complexity index is 617. The van der Waals surface area contributed by atoms with E-state index >= 15 is 0 Å². The first-order valence-corrected chi connectivity index (χ1v) is 7.78. The molecule has 0 saturated carbocycles. The predicted octanol–water partition coefficient (Wildman–Crippen LogP) is 4.23. The van der Waals surface area contributed by atoms with E-state index in [4.69, 9.17) is 4.74 Å². The molecule has 5 heteroatoms. The highest BCUT2D eigenvalue weighted by atomic mass is 79.9. The van der Waals surface area contributed by atoms with Gasteiger partial charge in [0.1, 0.15) is 5.75 Å². The van der Waals surface area contributed by atoms with Crippen molar-refractivity contribution in [3.8, 4) is 5.75 Å². The molecule has 1 N–H and O–H groups in total. The number of nitrogens with one attached hydrogen (secondary N) is 1. The zero-order valence-corrected chi connectivity index (χ0v) is 14.7. The fourth-order valence-corrected chi connectivity index (χ4v) is 3.39. The lowest BCUT2D eigenvalue weighted by molar-refractivity contribution is 0.414. The Balaban J connectivity index is 2.47. The average Bonchev–Trinajstić information content (AvgIpc) is 2.43. The summed E-state index contributed by atoms with van der Waals surface area (Å²) in [4.78, 5) is 4.52. The Kier molecular flexibility index (Phi) is 5.18. The summed E-state index contributed by atoms with van der Waals surface area (Å²) >= 11 is 7.01. The third-order valence-electron chi connectivity index (χ3n) is 3.19. The molecule has 1 heterocycles. The SMILES string of the molecule is CNC(c1ccc(OC)cc1C)c1ncc(Br)cc1Br. The number of ether oxygens (including phenoxy) is 1. The van der Waals surface area contributed by atoms with E-state index in [-0.39, 0.29) is 6.04 Å². The number of pyridine rings is 1. The molecule has 2 rings (SSSR count). The highest BCUT2D eigenvalue weighted by Crippen LogP contribution is 2.31. The molecule has 0 radical (unpaired) electrons. The largest absolute Gasteiger partial charge is 0.497 e. The van der Waals surface area contributed by atoms with Crippen molar-refractivity contribution in [3.05, 3.63) is 56.2 Å². The molecule has 0 spiro atoms. The predicted molar refractivity (Wildman–Crippen MR) is 88.3 cm³/mol. The van der Waals surface area contributed by atoms with Crippen molar-refractivity contribution in [2.24, 2.45) is 0 Å². The van der Waals surface area contributed by atoms with Gasteiger partial charge in [0.2, 0.25) is 0 Å². The molecule has 1 atom stereocenters. The molecule has 0 aliphatic heterocycles. The second kappa shape index (κ2) is 6.70. The molecule has 0 aliphatic rings. The maximum absolute atomic E-state index is 5.26. The Morgan fingerprint density at radius 1 is 1.25 bits per heavy atom. The Labute approximate surface area is 136 Å². The van der Waals surface area contributed by atoms with Crippen molar-refractivity contribution in [1.82, 2.24) is 10.3 Å². The summed E-state index contributed by atoms with van der Waals surface area (Å²) in [6.07, 6.45) is 1.81. The number of hydrogen-bond donors (Lipinski definition) is 1. The standard InChI is InChI=1S/C15H16Br2N2O/c1-9-6-11(20-3)4-5-12(9)14(18-2)15-13(17)7-10(16)8-19-15/h4-8,14,18H,1-3H3. The summed E-state index contributed by atoms with van der Waals surface area (Å²) in [5.41, 5.74) is 3.31. The van der Waals surface area contributed by atoms with Gasteiger partial charge >= 0.3 is 0 Å². The van der Waals surface area contributed by atoms with E-state index < -0.39 is 0 Å². The third kappa shape index (κ3) is 3.22. The van der Waals surface area contributed by atoms with Gasteiger partial charge in [0, 0.05) is 15.1 Å². The number of nitrogens with zero attached hydrogens (tertiary/aromatic N) is 1. The van der Waals surface area contributed by atoms with Crippen molar-refractivity contribution >= 4 is 31.9 Å². The highest BCUT2D eigenvalue weighted by molar-refractivity contribution is 9.11. The molecule has 20 heavy (non-hydrogen) atoms. The highest BCUT2D eigenvalue weighted by Gasteiger charge is 2.18. The van der Waals surface area contributed by atoms with Crippen LogP contribution in [-0.4, -0.2) is 19.1 Å². The molecule has 1 unspecified atom stereocenters. The van der Waals surface area contributed by atoms with Gasteiger partial charge in [-0.3, -0.25) is 4.98 Å². The molecule has 0 bridgehead atoms. The maximum Gasteiger partial charge on any atom is 0.119 e. The van der Waals surface area contributed by atoms with E-state index in [0.717, 1.165) is 20.4 Å². The van der Waals surface area contributed by atoms with Crippen molar-refractivity contribution in [2.45, 2.75) is 13.0 Å². The van der Waals surface area contributed by atoms with Gasteiger partial charge in [-0.25, -0.2) is 0 Å². The van der Waals surface area contributed by atoms with Gasteiger partial charge in [0.05, 0.1) is 18.8 Å². The minimum Gasteiger partial charge on any atom is -0.497 e. The van der Waals surface area contributed by atoms with Crippen LogP contribution >= 0.6 is 31.9 Å². The summed E-state index contributed by atoms with van der Waals surface area (Å²) in [5, 5.41) is 3.32. The summed E-state index contributed by atoms with van der Waals surface area (Å²) in [7, 11) is 3.61. The van der Waals surface area contributed by atoms with Crippen LogP contribution in [0.3, 0.4) is 0 Å². The van der Waals surface area contributed by atoms with Crippen LogP contribution in [-0.2, 0) is 0 Å². The van der Waals surface area contributed by atoms with Crippen LogP contribution < -0.4 is 10.1 Å². The van der Waals surface area contributed by atoms with Crippen LogP contribution in [0.1, 0.15) is 22.9 Å². The fourth-order valence-electron chi connectivity index (χ4n) is 2.18. The molecular weight excluding hydrogens is 384 g/mol. The average molecular weight is 400 g/mol. The minimum atomic E-state index is 0.0309. The Hall–Kier alpha value is -0.910. The third-order valence-corrected chi connectivity index (χ3v) is 4.26. The van der Waals surface area contributed by atoms with Crippen LogP contribution in [0, 0.1) is 6.92 Å². The zero-order valence-electron chi connectivity index (χ0n) is 11.6. The number of methoxy groups -OCH3 is 1. The number of benzene rings is 1. The first-order chi connectivity index (χ1) is 9.56. The molecule has 2 aromatic rings. The number of hydrogen-bond acceptors (Lipinski definition) is 3. The van der Waals surface area contributed by atoms with Gasteiger partial charge in [-0.2, -0.15) is 0 Å². The van der Waals surface area contributed by atoms with Gasteiger partial charge in [-0.15, -0.1) is 0 Å². The van der Waals surface area contributed by atoms with Crippen molar-refractivity contribution in [3.63, 3.8) is 0 Å². The van der Waals surface area contributed by atoms with Crippen LogP contribution in [0.15, 0.2) is 39.4 Å². The van der Waals surface area contributed by atoms with E-state index in [1.54, 1.807) is 7.11 Å². The molecule has 0 saturated heterocycles. The second-order valence-electron chi connectivity index (χ2n) is 4.46. The molecule has 1 aromatic heterocycles. The van der Waals surface area contributed by atoms with E-state index in [2.05, 4.69) is 55.2 Å². The van der Waals surface area contributed by atoms with Gasteiger partial charge < -0.3 is 10.1 Å².